The van der Waals surface area contributed by atoms with E-state index in [-0.39, 0.29) is 0 Å². The summed E-state index contributed by atoms with van der Waals surface area (Å²) in [5, 5.41) is 12.3. The van der Waals surface area contributed by atoms with Gasteiger partial charge in [-0.3, -0.25) is 0 Å². The molecule has 2 heteroatoms. The van der Waals surface area contributed by atoms with Crippen molar-refractivity contribution in [2.45, 2.75) is 0 Å². The lowest BCUT2D eigenvalue weighted by Crippen LogP contribution is -1.97. The van der Waals surface area contributed by atoms with Gasteiger partial charge < -0.3 is 9.13 Å². The summed E-state index contributed by atoms with van der Waals surface area (Å²) >= 11 is 0. The molecule has 0 atom stereocenters. The standard InChI is InChI=1S/C66H42N2/c1-4-20-43(21-5-1)46-40-41-55(48-27-11-10-26-47(46)48)64-53-32-16-30-49(56-34-18-36-58-51-28-12-14-38-62(51)67(65(56)58)44-22-6-2-7-23-44)60(53)42-61-50(31-17-33-54(61)64)57-35-19-37-59-52-29-13-15-39-63(52)68(66(57)59)45-24-8-3-9-25-45/h1-42H. The number of fused-ring (bicyclic) bond motifs is 9. The Kier molecular flexibility index (Phi) is 8.62. The Morgan fingerprint density at radius 2 is 0.574 bits per heavy atom. The summed E-state index contributed by atoms with van der Waals surface area (Å²) < 4.78 is 4.93. The van der Waals surface area contributed by atoms with Crippen LogP contribution in [0.2, 0.25) is 0 Å². The predicted molar refractivity (Wildman–Crippen MR) is 289 cm³/mol. The Morgan fingerprint density at radius 3 is 1.07 bits per heavy atom. The van der Waals surface area contributed by atoms with E-state index in [4.69, 9.17) is 0 Å². The molecular formula is C66H42N2. The van der Waals surface area contributed by atoms with Crippen LogP contribution in [0, 0.1) is 0 Å². The number of nitrogens with zero attached hydrogens (tertiary/aromatic N) is 2. The van der Waals surface area contributed by atoms with Crippen molar-refractivity contribution in [1.82, 2.24) is 9.13 Å². The van der Waals surface area contributed by atoms with Gasteiger partial charge >= 0.3 is 0 Å². The third-order valence-corrected chi connectivity index (χ3v) is 14.3. The van der Waals surface area contributed by atoms with E-state index in [9.17, 15) is 0 Å². The lowest BCUT2D eigenvalue weighted by atomic mass is 9.83. The van der Waals surface area contributed by atoms with Crippen LogP contribution in [0.4, 0.5) is 0 Å². The number of aromatic nitrogens is 2. The minimum atomic E-state index is 1.15. The molecule has 2 nitrogen and oxygen atoms in total. The largest absolute Gasteiger partial charge is 0.309 e. The molecule has 0 radical (unpaired) electrons. The Labute approximate surface area is 393 Å². The van der Waals surface area contributed by atoms with Gasteiger partial charge in [0.25, 0.3) is 0 Å². The van der Waals surface area contributed by atoms with E-state index in [2.05, 4.69) is 264 Å². The fourth-order valence-electron chi connectivity index (χ4n) is 11.5. The molecule has 0 aliphatic heterocycles. The number of hydrogen-bond donors (Lipinski definition) is 0. The first-order valence-corrected chi connectivity index (χ1v) is 23.5. The Hall–Kier alpha value is -8.98. The predicted octanol–water partition coefficient (Wildman–Crippen LogP) is 18.0. The maximum absolute atomic E-state index is 2.50. The molecule has 316 valence electrons. The average Bonchev–Trinajstić information content (AvgIpc) is 3.94. The zero-order valence-electron chi connectivity index (χ0n) is 37.1. The lowest BCUT2D eigenvalue weighted by Gasteiger charge is -2.20. The maximum Gasteiger partial charge on any atom is 0.0619 e. The molecule has 68 heavy (non-hydrogen) atoms. The highest BCUT2D eigenvalue weighted by molar-refractivity contribution is 6.25. The third kappa shape index (κ3) is 5.71. The molecule has 0 unspecified atom stereocenters. The first kappa shape index (κ1) is 38.3. The quantitative estimate of drug-likeness (QED) is 0.147. The number of benzene rings is 12. The van der Waals surface area contributed by atoms with Crippen molar-refractivity contribution in [3.05, 3.63) is 255 Å². The fourth-order valence-corrected chi connectivity index (χ4v) is 11.5. The molecule has 0 spiro atoms. The summed E-state index contributed by atoms with van der Waals surface area (Å²) in [5.74, 6) is 0. The second-order valence-corrected chi connectivity index (χ2v) is 17.9. The Bertz CT molecular complexity index is 4080. The van der Waals surface area contributed by atoms with Crippen molar-refractivity contribution in [3.8, 4) is 55.9 Å². The molecule has 12 aromatic carbocycles. The summed E-state index contributed by atoms with van der Waals surface area (Å²) in [6.07, 6.45) is 0. The molecule has 0 aliphatic rings. The molecule has 0 amide bonds. The van der Waals surface area contributed by atoms with E-state index in [0.717, 1.165) is 11.4 Å². The molecule has 0 fully saturated rings. The van der Waals surface area contributed by atoms with E-state index in [1.807, 2.05) is 0 Å². The Balaban J connectivity index is 1.14. The van der Waals surface area contributed by atoms with Gasteiger partial charge in [-0.2, -0.15) is 0 Å². The first-order chi connectivity index (χ1) is 33.8. The molecule has 0 aliphatic carbocycles. The van der Waals surface area contributed by atoms with Crippen LogP contribution >= 0.6 is 0 Å². The molecule has 0 bridgehead atoms. The van der Waals surface area contributed by atoms with Gasteiger partial charge in [-0.25, -0.2) is 0 Å². The van der Waals surface area contributed by atoms with Gasteiger partial charge in [0.1, 0.15) is 0 Å². The van der Waals surface area contributed by atoms with Crippen LogP contribution < -0.4 is 0 Å². The van der Waals surface area contributed by atoms with Crippen LogP contribution in [0.3, 0.4) is 0 Å². The highest BCUT2D eigenvalue weighted by atomic mass is 15.0. The van der Waals surface area contributed by atoms with Gasteiger partial charge in [-0.1, -0.05) is 212 Å². The molecule has 0 N–H and O–H groups in total. The van der Waals surface area contributed by atoms with Gasteiger partial charge in [0, 0.05) is 44.0 Å². The van der Waals surface area contributed by atoms with Crippen molar-refractivity contribution in [2.75, 3.05) is 0 Å². The molecule has 0 saturated heterocycles. The third-order valence-electron chi connectivity index (χ3n) is 14.3. The Morgan fingerprint density at radius 1 is 0.206 bits per heavy atom. The highest BCUT2D eigenvalue weighted by Gasteiger charge is 2.23. The van der Waals surface area contributed by atoms with E-state index < -0.39 is 0 Å². The fraction of sp³-hybridized carbons (Fsp3) is 0. The summed E-state index contributed by atoms with van der Waals surface area (Å²) in [4.78, 5) is 0. The van der Waals surface area contributed by atoms with E-state index in [1.165, 1.54) is 120 Å². The minimum absolute atomic E-state index is 1.15. The second kappa shape index (κ2) is 15.3. The highest BCUT2D eigenvalue weighted by Crippen LogP contribution is 2.49. The maximum atomic E-state index is 2.50. The lowest BCUT2D eigenvalue weighted by molar-refractivity contribution is 1.18. The molecular weight excluding hydrogens is 821 g/mol. The molecule has 14 aromatic rings. The summed E-state index contributed by atoms with van der Waals surface area (Å²) in [6, 6.07) is 94.0. The van der Waals surface area contributed by atoms with Gasteiger partial charge in [0.05, 0.1) is 22.1 Å². The number of para-hydroxylation sites is 6. The normalized spacial score (nSPS) is 11.8. The van der Waals surface area contributed by atoms with Crippen LogP contribution in [0.1, 0.15) is 0 Å². The van der Waals surface area contributed by atoms with Crippen molar-refractivity contribution in [2.24, 2.45) is 0 Å². The number of rotatable bonds is 6. The van der Waals surface area contributed by atoms with Crippen molar-refractivity contribution in [3.63, 3.8) is 0 Å². The smallest absolute Gasteiger partial charge is 0.0619 e. The average molecular weight is 863 g/mol. The topological polar surface area (TPSA) is 9.86 Å². The zero-order chi connectivity index (χ0) is 44.7. The van der Waals surface area contributed by atoms with Crippen LogP contribution in [0.5, 0.6) is 0 Å². The van der Waals surface area contributed by atoms with Gasteiger partial charge in [-0.15, -0.1) is 0 Å². The van der Waals surface area contributed by atoms with Crippen molar-refractivity contribution < 1.29 is 0 Å². The first-order valence-electron chi connectivity index (χ1n) is 23.5. The van der Waals surface area contributed by atoms with E-state index in [0.29, 0.717) is 0 Å². The van der Waals surface area contributed by atoms with Gasteiger partial charge in [-0.05, 0) is 108 Å². The van der Waals surface area contributed by atoms with Gasteiger partial charge in [0.15, 0.2) is 0 Å². The van der Waals surface area contributed by atoms with Gasteiger partial charge in [0.2, 0.25) is 0 Å². The molecule has 2 heterocycles. The van der Waals surface area contributed by atoms with Crippen LogP contribution in [-0.4, -0.2) is 9.13 Å². The van der Waals surface area contributed by atoms with Crippen LogP contribution in [-0.2, 0) is 0 Å². The monoisotopic (exact) mass is 862 g/mol. The van der Waals surface area contributed by atoms with Crippen molar-refractivity contribution >= 4 is 75.9 Å². The van der Waals surface area contributed by atoms with Crippen LogP contribution in [0.25, 0.3) is 132 Å². The summed E-state index contributed by atoms with van der Waals surface area (Å²) in [5.41, 5.74) is 16.8. The van der Waals surface area contributed by atoms with E-state index in [1.54, 1.807) is 0 Å². The van der Waals surface area contributed by atoms with Crippen LogP contribution in [0.15, 0.2) is 255 Å². The summed E-state index contributed by atoms with van der Waals surface area (Å²) in [7, 11) is 0. The molecule has 0 saturated carbocycles. The van der Waals surface area contributed by atoms with E-state index >= 15 is 0 Å². The second-order valence-electron chi connectivity index (χ2n) is 17.9. The number of hydrogen-bond acceptors (Lipinski definition) is 0. The SMILES string of the molecule is c1ccc(-c2ccc(-c3c4cccc(-c5cccc6c7ccccc7n(-c7ccccc7)c56)c4cc4c(-c5cccc6c7ccccc7n(-c7ccccc7)c56)cccc34)c3ccccc23)cc1. The zero-order valence-corrected chi connectivity index (χ0v) is 37.1. The summed E-state index contributed by atoms with van der Waals surface area (Å²) in [6.45, 7) is 0. The van der Waals surface area contributed by atoms with Crippen molar-refractivity contribution in [1.29, 1.82) is 0 Å². The molecule has 2 aromatic heterocycles. The minimum Gasteiger partial charge on any atom is -0.309 e. The molecule has 14 rings (SSSR count).